The molecule has 0 saturated carbocycles. The smallest absolute Gasteiger partial charge is 0.0119 e. The lowest BCUT2D eigenvalue weighted by Crippen LogP contribution is -1.85. The summed E-state index contributed by atoms with van der Waals surface area (Å²) in [5.41, 5.74) is 0. The molecule has 18 heavy (non-hydrogen) atoms. The maximum Gasteiger partial charge on any atom is 0.0119 e. The van der Waals surface area contributed by atoms with E-state index in [2.05, 4.69) is 73.8 Å². The predicted molar refractivity (Wildman–Crippen MR) is 84.7 cm³/mol. The first-order valence-electron chi connectivity index (χ1n) is 5.84. The first kappa shape index (κ1) is 10.5. The first-order valence-corrected chi connectivity index (χ1v) is 6.73. The van der Waals surface area contributed by atoms with Crippen molar-refractivity contribution in [1.29, 1.82) is 0 Å². The molecule has 0 nitrogen and oxygen atoms in total. The van der Waals surface area contributed by atoms with E-state index in [0.717, 1.165) is 9.79 Å². The fourth-order valence-corrected chi connectivity index (χ4v) is 3.29. The molecule has 86 valence electrons. The second-order valence-electron chi connectivity index (χ2n) is 4.59. The fourth-order valence-electron chi connectivity index (χ4n) is 2.77. The van der Waals surface area contributed by atoms with E-state index in [1.165, 1.54) is 32.3 Å². The van der Waals surface area contributed by atoms with E-state index in [0.29, 0.717) is 0 Å². The maximum atomic E-state index is 4.56. The van der Waals surface area contributed by atoms with Gasteiger partial charge in [0.05, 0.1) is 0 Å². The van der Waals surface area contributed by atoms with Crippen LogP contribution in [0.2, 0.25) is 0 Å². The number of benzene rings is 4. The van der Waals surface area contributed by atoms with Crippen LogP contribution in [0, 0.1) is 0 Å². The number of hydrogen-bond acceptors (Lipinski definition) is 2. The monoisotopic (exact) mass is 266 g/mol. The minimum absolute atomic E-state index is 1.03. The Morgan fingerprint density at radius 2 is 0.889 bits per heavy atom. The molecular weight excluding hydrogens is 256 g/mol. The number of thiol groups is 2. The number of hydrogen-bond donors (Lipinski definition) is 2. The molecule has 0 N–H and O–H groups in total. The van der Waals surface area contributed by atoms with Crippen molar-refractivity contribution in [2.75, 3.05) is 0 Å². The van der Waals surface area contributed by atoms with Crippen LogP contribution in [0.15, 0.2) is 58.3 Å². The molecule has 4 aromatic carbocycles. The van der Waals surface area contributed by atoms with E-state index in [4.69, 9.17) is 0 Å². The molecule has 0 unspecified atom stereocenters. The van der Waals surface area contributed by atoms with Gasteiger partial charge in [-0.05, 0) is 44.5 Å². The minimum Gasteiger partial charge on any atom is -0.143 e. The molecule has 0 aliphatic rings. The summed E-state index contributed by atoms with van der Waals surface area (Å²) in [6.07, 6.45) is 0. The Hall–Kier alpha value is -1.38. The fraction of sp³-hybridized carbons (Fsp3) is 0. The van der Waals surface area contributed by atoms with Crippen molar-refractivity contribution in [2.24, 2.45) is 0 Å². The third kappa shape index (κ3) is 1.25. The van der Waals surface area contributed by atoms with E-state index in [1.54, 1.807) is 0 Å². The van der Waals surface area contributed by atoms with Crippen LogP contribution < -0.4 is 0 Å². The van der Waals surface area contributed by atoms with Gasteiger partial charge in [-0.15, -0.1) is 25.3 Å². The third-order valence-corrected chi connectivity index (χ3v) is 4.40. The lowest BCUT2D eigenvalue weighted by molar-refractivity contribution is 1.56. The molecule has 0 aromatic heterocycles. The summed E-state index contributed by atoms with van der Waals surface area (Å²) in [6.45, 7) is 0. The summed E-state index contributed by atoms with van der Waals surface area (Å²) in [5, 5.41) is 7.56. The van der Waals surface area contributed by atoms with Crippen molar-refractivity contribution in [2.45, 2.75) is 9.79 Å². The van der Waals surface area contributed by atoms with Gasteiger partial charge in [0.25, 0.3) is 0 Å². The van der Waals surface area contributed by atoms with Crippen LogP contribution in [0.25, 0.3) is 32.3 Å². The van der Waals surface area contributed by atoms with Crippen LogP contribution in [0.1, 0.15) is 0 Å². The summed E-state index contributed by atoms with van der Waals surface area (Å²) >= 11 is 9.13. The molecule has 0 fully saturated rings. The van der Waals surface area contributed by atoms with Gasteiger partial charge in [-0.2, -0.15) is 0 Å². The summed E-state index contributed by atoms with van der Waals surface area (Å²) in [7, 11) is 0. The Morgan fingerprint density at radius 1 is 0.500 bits per heavy atom. The van der Waals surface area contributed by atoms with Crippen molar-refractivity contribution < 1.29 is 0 Å². The van der Waals surface area contributed by atoms with Crippen LogP contribution in [-0.2, 0) is 0 Å². The minimum atomic E-state index is 1.03. The van der Waals surface area contributed by atoms with Gasteiger partial charge in [-0.3, -0.25) is 0 Å². The van der Waals surface area contributed by atoms with E-state index >= 15 is 0 Å². The van der Waals surface area contributed by atoms with Gasteiger partial charge < -0.3 is 0 Å². The topological polar surface area (TPSA) is 0 Å². The Bertz CT molecular complexity index is 818. The van der Waals surface area contributed by atoms with E-state index in [1.807, 2.05) is 0 Å². The predicted octanol–water partition coefficient (Wildman–Crippen LogP) is 5.16. The molecule has 0 aliphatic carbocycles. The van der Waals surface area contributed by atoms with Gasteiger partial charge in [-0.1, -0.05) is 36.4 Å². The molecule has 2 heteroatoms. The second kappa shape index (κ2) is 3.56. The third-order valence-electron chi connectivity index (χ3n) is 3.62. The van der Waals surface area contributed by atoms with E-state index in [9.17, 15) is 0 Å². The highest BCUT2D eigenvalue weighted by atomic mass is 32.1. The average Bonchev–Trinajstić information content (AvgIpc) is 2.40. The molecule has 0 saturated heterocycles. The summed E-state index contributed by atoms with van der Waals surface area (Å²) in [4.78, 5) is 2.06. The van der Waals surface area contributed by atoms with Crippen molar-refractivity contribution in [3.05, 3.63) is 48.5 Å². The standard InChI is InChI=1S/C16H10S2/c17-13-8-4-10-2-6-12-14(18)7-3-9-1-5-11(13)16(10)15(9)12/h1-8,17-18H. The highest BCUT2D eigenvalue weighted by Crippen LogP contribution is 2.38. The normalized spacial score (nSPS) is 11.9. The molecule has 0 radical (unpaired) electrons. The summed E-state index contributed by atoms with van der Waals surface area (Å²) < 4.78 is 0. The highest BCUT2D eigenvalue weighted by molar-refractivity contribution is 7.80. The molecule has 0 amide bonds. The molecule has 0 atom stereocenters. The van der Waals surface area contributed by atoms with Crippen molar-refractivity contribution in [3.63, 3.8) is 0 Å². The first-order chi connectivity index (χ1) is 8.75. The van der Waals surface area contributed by atoms with Crippen LogP contribution >= 0.6 is 25.3 Å². The number of rotatable bonds is 0. The van der Waals surface area contributed by atoms with Gasteiger partial charge in [0.15, 0.2) is 0 Å². The van der Waals surface area contributed by atoms with E-state index in [-0.39, 0.29) is 0 Å². The van der Waals surface area contributed by atoms with Crippen LogP contribution in [0.5, 0.6) is 0 Å². The lowest BCUT2D eigenvalue weighted by atomic mass is 9.94. The Kier molecular flexibility index (Phi) is 2.08. The van der Waals surface area contributed by atoms with Crippen LogP contribution in [-0.4, -0.2) is 0 Å². The molecule has 4 rings (SSSR count). The molecule has 0 spiro atoms. The largest absolute Gasteiger partial charge is 0.143 e. The van der Waals surface area contributed by atoms with E-state index < -0.39 is 0 Å². The van der Waals surface area contributed by atoms with Crippen LogP contribution in [0.3, 0.4) is 0 Å². The zero-order valence-corrected chi connectivity index (χ0v) is 11.3. The van der Waals surface area contributed by atoms with Crippen molar-refractivity contribution >= 4 is 57.6 Å². The summed E-state index contributed by atoms with van der Waals surface area (Å²) in [6, 6.07) is 17.0. The van der Waals surface area contributed by atoms with Crippen molar-refractivity contribution in [1.82, 2.24) is 0 Å². The zero-order chi connectivity index (χ0) is 12.3. The highest BCUT2D eigenvalue weighted by Gasteiger charge is 2.10. The molecule has 0 heterocycles. The SMILES string of the molecule is Sc1ccc2ccc3c(S)ccc4ccc1c2c43. The van der Waals surface area contributed by atoms with Crippen LogP contribution in [0.4, 0.5) is 0 Å². The van der Waals surface area contributed by atoms with Gasteiger partial charge >= 0.3 is 0 Å². The second-order valence-corrected chi connectivity index (χ2v) is 5.56. The summed E-state index contributed by atoms with van der Waals surface area (Å²) in [5.74, 6) is 0. The molecule has 4 aromatic rings. The lowest BCUT2D eigenvalue weighted by Gasteiger charge is -2.12. The quantitative estimate of drug-likeness (QED) is 0.319. The maximum absolute atomic E-state index is 4.56. The average molecular weight is 266 g/mol. The van der Waals surface area contributed by atoms with Gasteiger partial charge in [0, 0.05) is 9.79 Å². The Morgan fingerprint density at radius 3 is 1.33 bits per heavy atom. The van der Waals surface area contributed by atoms with Gasteiger partial charge in [0.2, 0.25) is 0 Å². The zero-order valence-electron chi connectivity index (χ0n) is 9.51. The van der Waals surface area contributed by atoms with Crippen molar-refractivity contribution in [3.8, 4) is 0 Å². The molecule has 0 bridgehead atoms. The Balaban J connectivity index is 2.47. The molecular formula is C16H10S2. The molecule has 0 aliphatic heterocycles. The van der Waals surface area contributed by atoms with Gasteiger partial charge in [-0.25, -0.2) is 0 Å². The Labute approximate surface area is 116 Å². The van der Waals surface area contributed by atoms with Gasteiger partial charge in [0.1, 0.15) is 0 Å².